The van der Waals surface area contributed by atoms with Crippen molar-refractivity contribution < 1.29 is 41.3 Å². The van der Waals surface area contributed by atoms with Gasteiger partial charge in [0.25, 0.3) is 0 Å². The van der Waals surface area contributed by atoms with Crippen LogP contribution in [0.4, 0.5) is 0 Å². The zero-order chi connectivity index (χ0) is 37.7. The van der Waals surface area contributed by atoms with Gasteiger partial charge in [-0.25, -0.2) is 8.42 Å². The Hall–Kier alpha value is -4.98. The van der Waals surface area contributed by atoms with E-state index in [4.69, 9.17) is 32.8 Å². The van der Waals surface area contributed by atoms with Crippen LogP contribution in [0.5, 0.6) is 34.5 Å². The molecule has 0 N–H and O–H groups in total. The minimum absolute atomic E-state index is 0.0311. The van der Waals surface area contributed by atoms with E-state index in [-0.39, 0.29) is 35.1 Å². The summed E-state index contributed by atoms with van der Waals surface area (Å²) in [6.07, 6.45) is 2.93. The fraction of sp³-hybridized carbons (Fsp3) is 0.375. The van der Waals surface area contributed by atoms with Crippen molar-refractivity contribution in [3.05, 3.63) is 77.0 Å². The van der Waals surface area contributed by atoms with Gasteiger partial charge in [0.05, 0.1) is 47.1 Å². The summed E-state index contributed by atoms with van der Waals surface area (Å²) in [7, 11) is 6.03. The molecule has 1 aliphatic rings. The van der Waals surface area contributed by atoms with Gasteiger partial charge in [-0.05, 0) is 74.3 Å². The van der Waals surface area contributed by atoms with Crippen molar-refractivity contribution in [2.24, 2.45) is 0 Å². The molecule has 2 heterocycles. The maximum atomic E-state index is 14.1. The number of sulfonamides is 1. The molecule has 0 radical (unpaired) electrons. The number of rotatable bonds is 15. The summed E-state index contributed by atoms with van der Waals surface area (Å²) >= 11 is 0. The molecule has 5 aromatic rings. The Morgan fingerprint density at radius 1 is 0.774 bits per heavy atom. The van der Waals surface area contributed by atoms with E-state index in [2.05, 4.69) is 11.9 Å². The number of ether oxygens (including phenoxy) is 6. The molecule has 6 rings (SSSR count). The first kappa shape index (κ1) is 37.8. The van der Waals surface area contributed by atoms with Gasteiger partial charge in [0.15, 0.2) is 17.3 Å². The summed E-state index contributed by atoms with van der Waals surface area (Å²) in [5.41, 5.74) is 0.362. The summed E-state index contributed by atoms with van der Waals surface area (Å²) in [5, 5.41) is 2.15. The van der Waals surface area contributed by atoms with E-state index in [0.29, 0.717) is 58.7 Å². The largest absolute Gasteiger partial charge is 0.496 e. The Morgan fingerprint density at radius 3 is 2.09 bits per heavy atom. The van der Waals surface area contributed by atoms with Crippen molar-refractivity contribution in [3.8, 4) is 45.8 Å². The number of piperidine rings is 1. The van der Waals surface area contributed by atoms with Crippen LogP contribution in [0.15, 0.2) is 80.8 Å². The van der Waals surface area contributed by atoms with Crippen LogP contribution >= 0.6 is 0 Å². The number of unbranched alkanes of at least 4 members (excludes halogenated alkanes) is 1. The molecule has 0 amide bonds. The Labute approximate surface area is 309 Å². The van der Waals surface area contributed by atoms with E-state index in [0.717, 1.165) is 36.6 Å². The molecule has 282 valence electrons. The predicted octanol–water partition coefficient (Wildman–Crippen LogP) is 6.60. The third-order valence-electron chi connectivity index (χ3n) is 9.83. The molecule has 0 spiro atoms. The van der Waals surface area contributed by atoms with E-state index >= 15 is 0 Å². The molecule has 1 aromatic heterocycles. The summed E-state index contributed by atoms with van der Waals surface area (Å²) in [5.74, 6) is 2.16. The van der Waals surface area contributed by atoms with Crippen LogP contribution in [0.3, 0.4) is 0 Å². The molecule has 1 saturated heterocycles. The lowest BCUT2D eigenvalue weighted by Gasteiger charge is -2.36. The summed E-state index contributed by atoms with van der Waals surface area (Å²) < 4.78 is 68.8. The molecular weight excluding hydrogens is 701 g/mol. The van der Waals surface area contributed by atoms with Gasteiger partial charge in [0.2, 0.25) is 27.0 Å². The van der Waals surface area contributed by atoms with Crippen molar-refractivity contribution in [1.29, 1.82) is 0 Å². The highest BCUT2D eigenvalue weighted by Crippen LogP contribution is 2.44. The zero-order valence-electron chi connectivity index (χ0n) is 31.0. The minimum Gasteiger partial charge on any atom is -0.496 e. The standard InChI is InChI=1S/C40H46N2O10S/c1-41(29-15-18-42(19-16-29)53(44,45)31-14-13-26-11-7-8-12-27(26)21-31)17-9-10-20-51-40-37(43)36-32(47-3)24-30(46-2)25-33(36)52-38(40)28-22-34(48-4)39(50-6)35(23-28)49-5/h7-8,11-14,21-25,29H,9-10,15-20H2,1-6H3. The smallest absolute Gasteiger partial charge is 0.243 e. The fourth-order valence-corrected chi connectivity index (χ4v) is 8.38. The first-order chi connectivity index (χ1) is 25.6. The average Bonchev–Trinajstić information content (AvgIpc) is 3.19. The van der Waals surface area contributed by atoms with Gasteiger partial charge in [0, 0.05) is 36.8 Å². The topological polar surface area (TPSA) is 126 Å². The normalized spacial score (nSPS) is 14.1. The van der Waals surface area contributed by atoms with Crippen LogP contribution in [0.25, 0.3) is 33.1 Å². The Morgan fingerprint density at radius 2 is 1.45 bits per heavy atom. The average molecular weight is 747 g/mol. The number of hydrogen-bond donors (Lipinski definition) is 0. The monoisotopic (exact) mass is 746 g/mol. The molecule has 1 fully saturated rings. The number of hydrogen-bond acceptors (Lipinski definition) is 11. The fourth-order valence-electron chi connectivity index (χ4n) is 6.88. The lowest BCUT2D eigenvalue weighted by Crippen LogP contribution is -2.45. The number of benzene rings is 4. The van der Waals surface area contributed by atoms with E-state index in [9.17, 15) is 13.2 Å². The van der Waals surface area contributed by atoms with Crippen molar-refractivity contribution in [2.45, 2.75) is 36.6 Å². The van der Waals surface area contributed by atoms with Crippen molar-refractivity contribution in [3.63, 3.8) is 0 Å². The summed E-state index contributed by atoms with van der Waals surface area (Å²) in [6, 6.07) is 20.0. The summed E-state index contributed by atoms with van der Waals surface area (Å²) in [4.78, 5) is 16.7. The lowest BCUT2D eigenvalue weighted by atomic mass is 10.1. The highest BCUT2D eigenvalue weighted by atomic mass is 32.2. The SMILES string of the molecule is COc1cc(OC)c2c(=O)c(OCCCCN(C)C3CCN(S(=O)(=O)c4ccc5ccccc5c4)CC3)c(-c3cc(OC)c(OC)c(OC)c3)oc2c1. The number of methoxy groups -OCH3 is 5. The van der Waals surface area contributed by atoms with Gasteiger partial charge in [-0.3, -0.25) is 4.79 Å². The highest BCUT2D eigenvalue weighted by Gasteiger charge is 2.31. The Balaban J connectivity index is 1.13. The van der Waals surface area contributed by atoms with Gasteiger partial charge in [0.1, 0.15) is 22.5 Å². The quantitative estimate of drug-likeness (QED) is 0.108. The lowest BCUT2D eigenvalue weighted by molar-refractivity contribution is 0.163. The van der Waals surface area contributed by atoms with Crippen molar-refractivity contribution in [1.82, 2.24) is 9.21 Å². The van der Waals surface area contributed by atoms with Gasteiger partial charge < -0.3 is 37.7 Å². The Kier molecular flexibility index (Phi) is 11.7. The second-order valence-electron chi connectivity index (χ2n) is 12.9. The van der Waals surface area contributed by atoms with Crippen LogP contribution in [0.1, 0.15) is 25.7 Å². The van der Waals surface area contributed by atoms with Gasteiger partial charge in [-0.1, -0.05) is 30.3 Å². The molecular formula is C40H46N2O10S. The third kappa shape index (κ3) is 7.73. The first-order valence-electron chi connectivity index (χ1n) is 17.5. The van der Waals surface area contributed by atoms with Crippen LogP contribution in [-0.4, -0.2) is 92.5 Å². The maximum absolute atomic E-state index is 14.1. The third-order valence-corrected chi connectivity index (χ3v) is 11.7. The second-order valence-corrected chi connectivity index (χ2v) is 14.8. The highest BCUT2D eigenvalue weighted by molar-refractivity contribution is 7.89. The van der Waals surface area contributed by atoms with Crippen molar-refractivity contribution >= 4 is 31.8 Å². The van der Waals surface area contributed by atoms with E-state index in [1.807, 2.05) is 30.3 Å². The molecule has 0 atom stereocenters. The van der Waals surface area contributed by atoms with E-state index in [1.54, 1.807) is 40.7 Å². The second kappa shape index (κ2) is 16.4. The predicted molar refractivity (Wildman–Crippen MR) is 204 cm³/mol. The molecule has 0 unspecified atom stereocenters. The number of fused-ring (bicyclic) bond motifs is 2. The number of nitrogens with zero attached hydrogens (tertiary/aromatic N) is 2. The minimum atomic E-state index is -3.58. The van der Waals surface area contributed by atoms with Crippen LogP contribution < -0.4 is 33.8 Å². The molecule has 53 heavy (non-hydrogen) atoms. The molecule has 0 aliphatic carbocycles. The van der Waals surface area contributed by atoms with E-state index in [1.165, 1.54) is 35.5 Å². The van der Waals surface area contributed by atoms with Crippen LogP contribution in [0, 0.1) is 0 Å². The van der Waals surface area contributed by atoms with Gasteiger partial charge >= 0.3 is 0 Å². The molecule has 13 heteroatoms. The van der Waals surface area contributed by atoms with E-state index < -0.39 is 15.5 Å². The molecule has 0 bridgehead atoms. The zero-order valence-corrected chi connectivity index (χ0v) is 31.8. The molecule has 1 aliphatic heterocycles. The maximum Gasteiger partial charge on any atom is 0.243 e. The van der Waals surface area contributed by atoms with Gasteiger partial charge in [-0.15, -0.1) is 0 Å². The summed E-state index contributed by atoms with van der Waals surface area (Å²) in [6.45, 7) is 1.96. The first-order valence-corrected chi connectivity index (χ1v) is 18.9. The molecule has 4 aromatic carbocycles. The van der Waals surface area contributed by atoms with Crippen molar-refractivity contribution in [2.75, 3.05) is 68.8 Å². The van der Waals surface area contributed by atoms with Crippen LogP contribution in [0.2, 0.25) is 0 Å². The van der Waals surface area contributed by atoms with Crippen LogP contribution in [-0.2, 0) is 10.0 Å². The molecule has 0 saturated carbocycles. The Bertz CT molecular complexity index is 2220. The van der Waals surface area contributed by atoms with Gasteiger partial charge in [-0.2, -0.15) is 4.31 Å². The molecule has 12 nitrogen and oxygen atoms in total.